The van der Waals surface area contributed by atoms with E-state index in [-0.39, 0.29) is 25.2 Å². The van der Waals surface area contributed by atoms with Gasteiger partial charge in [-0.3, -0.25) is 29.5 Å². The Kier molecular flexibility index (Phi) is 21.2. The fourth-order valence-corrected chi connectivity index (χ4v) is 6.38. The molecule has 0 aliphatic heterocycles. The molecule has 10 nitrogen and oxygen atoms in total. The highest BCUT2D eigenvalue weighted by Gasteiger charge is 2.02. The van der Waals surface area contributed by atoms with Crippen LogP contribution in [0.3, 0.4) is 0 Å². The summed E-state index contributed by atoms with van der Waals surface area (Å²) >= 11 is 0. The molecule has 2 aromatic carbocycles. The number of hydrogen-bond acceptors (Lipinski definition) is 10. The maximum atomic E-state index is 10.8. The molecular weight excluding hydrogens is 849 g/mol. The van der Waals surface area contributed by atoms with Crippen molar-refractivity contribution < 1.29 is 29.3 Å². The van der Waals surface area contributed by atoms with Gasteiger partial charge in [-0.1, -0.05) is 47.4 Å². The third-order valence-corrected chi connectivity index (χ3v) is 10.1. The molecule has 10 heteroatoms. The third kappa shape index (κ3) is 18.9. The minimum absolute atomic E-state index is 0.178. The predicted molar refractivity (Wildman–Crippen MR) is 264 cm³/mol. The number of esters is 2. The van der Waals surface area contributed by atoms with Crippen molar-refractivity contribution in [3.8, 4) is 47.4 Å². The molecule has 0 fully saturated rings. The van der Waals surface area contributed by atoms with Gasteiger partial charge in [0.15, 0.2) is 0 Å². The molecule has 2 N–H and O–H groups in total. The van der Waals surface area contributed by atoms with Crippen molar-refractivity contribution in [2.75, 3.05) is 26.4 Å². The largest absolute Gasteiger partial charge is 0.466 e. The van der Waals surface area contributed by atoms with E-state index in [1.54, 1.807) is 24.8 Å². The molecule has 0 radical (unpaired) electrons. The van der Waals surface area contributed by atoms with Crippen LogP contribution >= 0.6 is 0 Å². The molecule has 4 heterocycles. The number of benzene rings is 2. The molecular formula is C58H56N4O6. The number of aliphatic hydroxyl groups excluding tert-OH is 2. The van der Waals surface area contributed by atoms with Gasteiger partial charge in [0.2, 0.25) is 0 Å². The Morgan fingerprint density at radius 1 is 0.426 bits per heavy atom. The van der Waals surface area contributed by atoms with Crippen LogP contribution in [0.5, 0.6) is 0 Å². The Labute approximate surface area is 400 Å². The van der Waals surface area contributed by atoms with Crippen molar-refractivity contribution >= 4 is 11.9 Å². The number of carbonyl (C=O) groups excluding carboxylic acids is 2. The normalized spacial score (nSPS) is 9.97. The average molecular weight is 905 g/mol. The van der Waals surface area contributed by atoms with Crippen LogP contribution < -0.4 is 0 Å². The first-order valence-corrected chi connectivity index (χ1v) is 22.6. The second-order valence-corrected chi connectivity index (χ2v) is 15.8. The summed E-state index contributed by atoms with van der Waals surface area (Å²) in [6.45, 7) is 8.03. The minimum Gasteiger partial charge on any atom is -0.466 e. The number of rotatable bonds is 14. The standard InChI is InChI=1S/C31H30N2O4.C27H26N2O2/c1-23-20-26(8-9-27-12-16-30(32-21-27)6-4-18-36-24(2)34)10-14-29(23)15-11-28-13-17-31(33-22-28)7-5-19-37-25(3)35;1-21-18-22(6-7-23-10-14-26(28-19-23)4-2-16-30)8-12-25(21)13-9-24-11-15-27(29-20-24)5-3-17-31/h10,12-14,16-17,20-22H,4-7,18-19H2,1-3H3;8,10-12,14-15,18-20,30-31H,2-5,16-17H2,1H3. The molecule has 0 atom stereocenters. The number of aliphatic hydroxyl groups is 2. The lowest BCUT2D eigenvalue weighted by molar-refractivity contribution is -0.142. The second kappa shape index (κ2) is 28.2. The van der Waals surface area contributed by atoms with Gasteiger partial charge in [-0.15, -0.1) is 0 Å². The summed E-state index contributed by atoms with van der Waals surface area (Å²) in [5.41, 5.74) is 13.1. The van der Waals surface area contributed by atoms with Crippen LogP contribution in [0.4, 0.5) is 0 Å². The van der Waals surface area contributed by atoms with Crippen LogP contribution in [-0.2, 0) is 44.7 Å². The summed E-state index contributed by atoms with van der Waals surface area (Å²) in [7, 11) is 0. The predicted octanol–water partition coefficient (Wildman–Crippen LogP) is 8.01. The summed E-state index contributed by atoms with van der Waals surface area (Å²) < 4.78 is 9.89. The topological polar surface area (TPSA) is 145 Å². The molecule has 0 spiro atoms. The van der Waals surface area contributed by atoms with E-state index in [4.69, 9.17) is 19.7 Å². The van der Waals surface area contributed by atoms with Crippen LogP contribution in [0, 0.1) is 61.2 Å². The molecule has 0 amide bonds. The lowest BCUT2D eigenvalue weighted by Crippen LogP contribution is -2.02. The Balaban J connectivity index is 0.000000258. The van der Waals surface area contributed by atoms with E-state index < -0.39 is 0 Å². The van der Waals surface area contributed by atoms with Crippen molar-refractivity contribution in [3.63, 3.8) is 0 Å². The van der Waals surface area contributed by atoms with Crippen LogP contribution in [0.25, 0.3) is 0 Å². The summed E-state index contributed by atoms with van der Waals surface area (Å²) in [4.78, 5) is 39.3. The second-order valence-electron chi connectivity index (χ2n) is 15.8. The van der Waals surface area contributed by atoms with E-state index in [1.807, 2.05) is 98.8 Å². The number of aromatic nitrogens is 4. The van der Waals surface area contributed by atoms with E-state index in [1.165, 1.54) is 13.8 Å². The van der Waals surface area contributed by atoms with Gasteiger partial charge < -0.3 is 19.7 Å². The summed E-state index contributed by atoms with van der Waals surface area (Å²) in [6.07, 6.45) is 13.1. The van der Waals surface area contributed by atoms with Gasteiger partial charge >= 0.3 is 11.9 Å². The molecule has 0 aliphatic carbocycles. The van der Waals surface area contributed by atoms with Gasteiger partial charge in [-0.2, -0.15) is 0 Å². The highest BCUT2D eigenvalue weighted by atomic mass is 16.5. The molecule has 344 valence electrons. The zero-order chi connectivity index (χ0) is 48.4. The maximum absolute atomic E-state index is 10.8. The molecule has 6 rings (SSSR count). The quantitative estimate of drug-likeness (QED) is 0.0627. The number of pyridine rings is 4. The van der Waals surface area contributed by atoms with Gasteiger partial charge in [0.1, 0.15) is 0 Å². The number of hydrogen-bond donors (Lipinski definition) is 2. The van der Waals surface area contributed by atoms with Crippen molar-refractivity contribution in [2.45, 2.75) is 79.1 Å². The highest BCUT2D eigenvalue weighted by Crippen LogP contribution is 2.13. The van der Waals surface area contributed by atoms with Gasteiger partial charge in [-0.25, -0.2) is 0 Å². The zero-order valence-electron chi connectivity index (χ0n) is 39.2. The fraction of sp³-hybridized carbons (Fsp3) is 0.276. The summed E-state index contributed by atoms with van der Waals surface area (Å²) in [6, 6.07) is 27.6. The number of ether oxygens (including phenoxy) is 2. The van der Waals surface area contributed by atoms with E-state index >= 15 is 0 Å². The Morgan fingerprint density at radius 2 is 0.721 bits per heavy atom. The SMILES string of the molecule is CC(=O)OCCCc1ccc(C#Cc2ccc(C#Cc3ccc(CCCOC(C)=O)nc3)c(C)c2)cn1.Cc1cc(C#Cc2ccc(CCCO)nc2)ccc1C#Cc1ccc(CCCO)nc1. The number of nitrogens with zero attached hydrogens (tertiary/aromatic N) is 4. The van der Waals surface area contributed by atoms with Crippen LogP contribution in [0.1, 0.15) is 118 Å². The van der Waals surface area contributed by atoms with Gasteiger partial charge in [0.25, 0.3) is 0 Å². The first-order chi connectivity index (χ1) is 33.1. The first kappa shape index (κ1) is 51.1. The molecule has 0 unspecified atom stereocenters. The average Bonchev–Trinajstić information content (AvgIpc) is 3.35. The van der Waals surface area contributed by atoms with Gasteiger partial charge in [-0.05, 0) is 161 Å². The monoisotopic (exact) mass is 904 g/mol. The highest BCUT2D eigenvalue weighted by molar-refractivity contribution is 5.66. The van der Waals surface area contributed by atoms with E-state index in [0.29, 0.717) is 13.2 Å². The molecule has 6 aromatic rings. The fourth-order valence-electron chi connectivity index (χ4n) is 6.38. The zero-order valence-corrected chi connectivity index (χ0v) is 39.2. The summed E-state index contributed by atoms with van der Waals surface area (Å²) in [5.74, 6) is 24.9. The van der Waals surface area contributed by atoms with Crippen LogP contribution in [-0.4, -0.2) is 68.5 Å². The van der Waals surface area contributed by atoms with Crippen molar-refractivity contribution in [1.29, 1.82) is 0 Å². The molecule has 0 bridgehead atoms. The van der Waals surface area contributed by atoms with Crippen molar-refractivity contribution in [1.82, 2.24) is 19.9 Å². The van der Waals surface area contributed by atoms with Crippen molar-refractivity contribution in [3.05, 3.63) is 188 Å². The first-order valence-electron chi connectivity index (χ1n) is 22.6. The van der Waals surface area contributed by atoms with E-state index in [9.17, 15) is 9.59 Å². The molecule has 0 aliphatic rings. The number of carbonyl (C=O) groups is 2. The summed E-state index contributed by atoms with van der Waals surface area (Å²) in [5, 5.41) is 17.8. The molecule has 0 saturated heterocycles. The maximum Gasteiger partial charge on any atom is 0.302 e. The van der Waals surface area contributed by atoms with Gasteiger partial charge in [0.05, 0.1) is 13.2 Å². The Hall–Kier alpha value is -7.86. The molecule has 0 saturated carbocycles. The van der Waals surface area contributed by atoms with Crippen LogP contribution in [0.15, 0.2) is 110 Å². The van der Waals surface area contributed by atoms with Gasteiger partial charge in [0, 0.05) is 119 Å². The van der Waals surface area contributed by atoms with E-state index in [0.717, 1.165) is 130 Å². The lowest BCUT2D eigenvalue weighted by atomic mass is 10.0. The third-order valence-electron chi connectivity index (χ3n) is 10.1. The molecule has 4 aromatic heterocycles. The minimum atomic E-state index is -0.261. The number of aryl methyl sites for hydroxylation is 6. The molecule has 68 heavy (non-hydrogen) atoms. The lowest BCUT2D eigenvalue weighted by Gasteiger charge is -2.02. The smallest absolute Gasteiger partial charge is 0.302 e. The Bertz CT molecular complexity index is 2850. The van der Waals surface area contributed by atoms with Crippen molar-refractivity contribution in [2.24, 2.45) is 0 Å². The Morgan fingerprint density at radius 3 is 1.00 bits per heavy atom. The van der Waals surface area contributed by atoms with E-state index in [2.05, 4.69) is 67.3 Å². The van der Waals surface area contributed by atoms with Crippen LogP contribution in [0.2, 0.25) is 0 Å².